The minimum atomic E-state index is -0.363. The fourth-order valence-electron chi connectivity index (χ4n) is 2.71. The maximum atomic E-state index is 12.8. The van der Waals surface area contributed by atoms with Crippen molar-refractivity contribution in [1.29, 1.82) is 0 Å². The van der Waals surface area contributed by atoms with Crippen LogP contribution in [0, 0.1) is 0 Å². The molecule has 0 bridgehead atoms. The average Bonchev–Trinajstić information content (AvgIpc) is 2.75. The Bertz CT molecular complexity index is 973. The minimum absolute atomic E-state index is 0.309. The number of anilines is 2. The van der Waals surface area contributed by atoms with Crippen molar-refractivity contribution in [2.24, 2.45) is 0 Å². The molecule has 148 valence electrons. The number of hydrogen-bond donors (Lipinski definition) is 2. The molecule has 0 spiro atoms. The monoisotopic (exact) mass is 390 g/mol. The van der Waals surface area contributed by atoms with Crippen LogP contribution in [0.2, 0.25) is 0 Å². The zero-order chi connectivity index (χ0) is 20.5. The highest BCUT2D eigenvalue weighted by Crippen LogP contribution is 2.22. The van der Waals surface area contributed by atoms with Gasteiger partial charge >= 0.3 is 0 Å². The van der Waals surface area contributed by atoms with Crippen molar-refractivity contribution in [3.05, 3.63) is 90.0 Å². The number of hydrogen-bond acceptors (Lipinski definition) is 4. The van der Waals surface area contributed by atoms with Crippen LogP contribution < -0.4 is 15.4 Å². The molecule has 29 heavy (non-hydrogen) atoms. The standard InChI is InChI=1S/C23H22N2O4/c1-28-15-16-29-21-14-8-6-12-19(21)23(27)25-20-13-7-5-11-18(20)22(26)24-17-9-3-2-4-10-17/h2-14H,15-16H2,1H3,(H,24,26)(H,25,27). The highest BCUT2D eigenvalue weighted by Gasteiger charge is 2.17. The second-order valence-electron chi connectivity index (χ2n) is 6.16. The normalized spacial score (nSPS) is 10.2. The number of carbonyl (C=O) groups is 2. The van der Waals surface area contributed by atoms with Crippen molar-refractivity contribution in [3.8, 4) is 5.75 Å². The van der Waals surface area contributed by atoms with E-state index in [-0.39, 0.29) is 11.8 Å². The maximum absolute atomic E-state index is 12.8. The molecule has 3 aromatic rings. The predicted molar refractivity (Wildman–Crippen MR) is 113 cm³/mol. The summed E-state index contributed by atoms with van der Waals surface area (Å²) >= 11 is 0. The first-order valence-corrected chi connectivity index (χ1v) is 9.16. The molecule has 0 fully saturated rings. The van der Waals surface area contributed by atoms with E-state index in [1.165, 1.54) is 0 Å². The summed E-state index contributed by atoms with van der Waals surface area (Å²) in [7, 11) is 1.58. The summed E-state index contributed by atoms with van der Waals surface area (Å²) < 4.78 is 10.6. The lowest BCUT2D eigenvalue weighted by Gasteiger charge is -2.14. The summed E-state index contributed by atoms with van der Waals surface area (Å²) in [4.78, 5) is 25.5. The van der Waals surface area contributed by atoms with Crippen LogP contribution in [0.3, 0.4) is 0 Å². The molecule has 2 amide bonds. The van der Waals surface area contributed by atoms with Gasteiger partial charge in [0.15, 0.2) is 0 Å². The fraction of sp³-hybridized carbons (Fsp3) is 0.130. The summed E-state index contributed by atoms with van der Waals surface area (Å²) in [6.45, 7) is 0.745. The molecular weight excluding hydrogens is 368 g/mol. The smallest absolute Gasteiger partial charge is 0.259 e. The van der Waals surface area contributed by atoms with Crippen molar-refractivity contribution in [3.63, 3.8) is 0 Å². The van der Waals surface area contributed by atoms with Crippen LogP contribution in [0.25, 0.3) is 0 Å². The largest absolute Gasteiger partial charge is 0.490 e. The van der Waals surface area contributed by atoms with Gasteiger partial charge in [-0.1, -0.05) is 42.5 Å². The van der Waals surface area contributed by atoms with E-state index in [2.05, 4.69) is 10.6 Å². The number of benzene rings is 3. The summed E-state index contributed by atoms with van der Waals surface area (Å²) in [5, 5.41) is 5.64. The lowest BCUT2D eigenvalue weighted by molar-refractivity contribution is 0.101. The fourth-order valence-corrected chi connectivity index (χ4v) is 2.71. The van der Waals surface area contributed by atoms with Gasteiger partial charge in [-0.2, -0.15) is 0 Å². The van der Waals surface area contributed by atoms with Gasteiger partial charge in [0.2, 0.25) is 0 Å². The van der Waals surface area contributed by atoms with Crippen molar-refractivity contribution >= 4 is 23.2 Å². The first-order valence-electron chi connectivity index (χ1n) is 9.16. The number of carbonyl (C=O) groups excluding carboxylic acids is 2. The molecule has 0 aliphatic rings. The van der Waals surface area contributed by atoms with E-state index < -0.39 is 0 Å². The molecule has 6 nitrogen and oxygen atoms in total. The number of amides is 2. The number of para-hydroxylation sites is 3. The van der Waals surface area contributed by atoms with Gasteiger partial charge in [-0.05, 0) is 36.4 Å². The summed E-state index contributed by atoms with van der Waals surface area (Å²) in [6, 6.07) is 22.9. The SMILES string of the molecule is COCCOc1ccccc1C(=O)Nc1ccccc1C(=O)Nc1ccccc1. The summed E-state index contributed by atoms with van der Waals surface area (Å²) in [5.74, 6) is -0.219. The van der Waals surface area contributed by atoms with E-state index in [1.54, 1.807) is 67.8 Å². The van der Waals surface area contributed by atoms with Gasteiger partial charge < -0.3 is 20.1 Å². The Morgan fingerprint density at radius 3 is 2.10 bits per heavy atom. The molecule has 0 aliphatic carbocycles. The molecule has 3 rings (SSSR count). The maximum Gasteiger partial charge on any atom is 0.259 e. The quantitative estimate of drug-likeness (QED) is 0.565. The second-order valence-corrected chi connectivity index (χ2v) is 6.16. The zero-order valence-electron chi connectivity index (χ0n) is 16.1. The van der Waals surface area contributed by atoms with Crippen LogP contribution in [0.4, 0.5) is 11.4 Å². The predicted octanol–water partition coefficient (Wildman–Crippen LogP) is 4.22. The third kappa shape index (κ3) is 5.43. The van der Waals surface area contributed by atoms with Crippen LogP contribution in [0.1, 0.15) is 20.7 Å². The van der Waals surface area contributed by atoms with E-state index >= 15 is 0 Å². The lowest BCUT2D eigenvalue weighted by Crippen LogP contribution is -2.19. The van der Waals surface area contributed by atoms with Crippen molar-refractivity contribution < 1.29 is 19.1 Å². The highest BCUT2D eigenvalue weighted by atomic mass is 16.5. The molecule has 0 saturated carbocycles. The summed E-state index contributed by atoms with van der Waals surface area (Å²) in [6.07, 6.45) is 0. The molecule has 0 unspecified atom stereocenters. The van der Waals surface area contributed by atoms with E-state index in [1.807, 2.05) is 18.2 Å². The van der Waals surface area contributed by atoms with Crippen LogP contribution in [-0.4, -0.2) is 32.1 Å². The average molecular weight is 390 g/mol. The Labute approximate surface area is 169 Å². The van der Waals surface area contributed by atoms with Gasteiger partial charge in [-0.3, -0.25) is 9.59 Å². The molecule has 0 aliphatic heterocycles. The topological polar surface area (TPSA) is 76.7 Å². The molecule has 6 heteroatoms. The van der Waals surface area contributed by atoms with Gasteiger partial charge in [0.05, 0.1) is 23.4 Å². The zero-order valence-corrected chi connectivity index (χ0v) is 16.1. The Morgan fingerprint density at radius 1 is 0.724 bits per heavy atom. The van der Waals surface area contributed by atoms with Crippen LogP contribution in [0.15, 0.2) is 78.9 Å². The lowest BCUT2D eigenvalue weighted by atomic mass is 10.1. The van der Waals surface area contributed by atoms with Crippen molar-refractivity contribution in [1.82, 2.24) is 0 Å². The molecule has 3 aromatic carbocycles. The molecule has 0 aromatic heterocycles. The Kier molecular flexibility index (Phi) is 6.97. The third-order valence-corrected chi connectivity index (χ3v) is 4.13. The number of ether oxygens (including phenoxy) is 2. The van der Waals surface area contributed by atoms with Gasteiger partial charge in [0.25, 0.3) is 11.8 Å². The van der Waals surface area contributed by atoms with Gasteiger partial charge in [-0.25, -0.2) is 0 Å². The molecule has 0 atom stereocenters. The summed E-state index contributed by atoms with van der Waals surface area (Å²) in [5.41, 5.74) is 1.83. The van der Waals surface area contributed by atoms with Gasteiger partial charge in [0, 0.05) is 12.8 Å². The molecule has 0 heterocycles. The van der Waals surface area contributed by atoms with Gasteiger partial charge in [-0.15, -0.1) is 0 Å². The van der Waals surface area contributed by atoms with Crippen LogP contribution in [0.5, 0.6) is 5.75 Å². The third-order valence-electron chi connectivity index (χ3n) is 4.13. The first kappa shape index (κ1) is 20.1. The number of methoxy groups -OCH3 is 1. The number of rotatable bonds is 8. The minimum Gasteiger partial charge on any atom is -0.490 e. The first-order chi connectivity index (χ1) is 14.2. The highest BCUT2D eigenvalue weighted by molar-refractivity contribution is 6.13. The molecule has 2 N–H and O–H groups in total. The van der Waals surface area contributed by atoms with E-state index in [0.29, 0.717) is 41.5 Å². The molecule has 0 radical (unpaired) electrons. The Balaban J connectivity index is 1.77. The van der Waals surface area contributed by atoms with Crippen LogP contribution in [-0.2, 0) is 4.74 Å². The van der Waals surface area contributed by atoms with Crippen LogP contribution >= 0.6 is 0 Å². The molecular formula is C23H22N2O4. The van der Waals surface area contributed by atoms with Crippen molar-refractivity contribution in [2.45, 2.75) is 0 Å². The van der Waals surface area contributed by atoms with Gasteiger partial charge in [0.1, 0.15) is 12.4 Å². The van der Waals surface area contributed by atoms with Crippen molar-refractivity contribution in [2.75, 3.05) is 31.0 Å². The Morgan fingerprint density at radius 2 is 1.34 bits per heavy atom. The second kappa shape index (κ2) is 10.1. The number of nitrogens with one attached hydrogen (secondary N) is 2. The molecule has 0 saturated heterocycles. The van der Waals surface area contributed by atoms with E-state index in [4.69, 9.17) is 9.47 Å². The van der Waals surface area contributed by atoms with E-state index in [9.17, 15) is 9.59 Å². The Hall–Kier alpha value is -3.64. The van der Waals surface area contributed by atoms with E-state index in [0.717, 1.165) is 0 Å².